The summed E-state index contributed by atoms with van der Waals surface area (Å²) in [6.07, 6.45) is 0. The number of hydrogen-bond acceptors (Lipinski definition) is 5. The Kier molecular flexibility index (Phi) is 7.98. The zero-order chi connectivity index (χ0) is 23.3. The van der Waals surface area contributed by atoms with Crippen LogP contribution < -0.4 is 10.6 Å². The van der Waals surface area contributed by atoms with Crippen molar-refractivity contribution in [2.24, 2.45) is 5.92 Å². The van der Waals surface area contributed by atoms with Gasteiger partial charge in [-0.05, 0) is 37.1 Å². The molecule has 2 aromatic rings. The first-order valence-corrected chi connectivity index (χ1v) is 10.7. The maximum absolute atomic E-state index is 14.0. The van der Waals surface area contributed by atoms with Crippen LogP contribution in [0.15, 0.2) is 34.7 Å². The number of hydrogen-bond donors (Lipinski definition) is 2. The van der Waals surface area contributed by atoms with Crippen molar-refractivity contribution in [3.63, 3.8) is 0 Å². The van der Waals surface area contributed by atoms with Crippen LogP contribution in [-0.2, 0) is 9.53 Å². The predicted octanol–water partition coefficient (Wildman–Crippen LogP) is 2.81. The number of benzene rings is 1. The quantitative estimate of drug-likeness (QED) is 0.648. The molecule has 7 nitrogen and oxygen atoms in total. The number of halogens is 2. The van der Waals surface area contributed by atoms with E-state index in [1.807, 2.05) is 19.1 Å². The number of amides is 2. The van der Waals surface area contributed by atoms with E-state index >= 15 is 0 Å². The Morgan fingerprint density at radius 1 is 1.09 bits per heavy atom. The smallest absolute Gasteiger partial charge is 0.257 e. The van der Waals surface area contributed by atoms with Crippen molar-refractivity contribution in [2.45, 2.75) is 32.9 Å². The van der Waals surface area contributed by atoms with E-state index in [1.165, 1.54) is 6.07 Å². The number of carbonyl (C=O) groups is 2. The number of morpholine rings is 1. The zero-order valence-electron chi connectivity index (χ0n) is 18.5. The van der Waals surface area contributed by atoms with Crippen molar-refractivity contribution in [3.05, 3.63) is 59.1 Å². The minimum atomic E-state index is -0.981. The molecule has 0 radical (unpaired) electrons. The summed E-state index contributed by atoms with van der Waals surface area (Å²) in [7, 11) is 0. The van der Waals surface area contributed by atoms with Crippen molar-refractivity contribution in [1.82, 2.24) is 15.5 Å². The number of rotatable bonds is 8. The first-order valence-electron chi connectivity index (χ1n) is 10.7. The summed E-state index contributed by atoms with van der Waals surface area (Å²) < 4.78 is 39.2. The number of ether oxygens (including phenoxy) is 1. The molecule has 2 amide bonds. The lowest BCUT2D eigenvalue weighted by atomic mass is 10.0. The summed E-state index contributed by atoms with van der Waals surface area (Å²) in [5, 5.41) is 5.34. The monoisotopic (exact) mass is 449 g/mol. The van der Waals surface area contributed by atoms with Gasteiger partial charge in [0.1, 0.15) is 34.8 Å². The molecule has 2 heterocycles. The Balaban J connectivity index is 1.70. The topological polar surface area (TPSA) is 83.8 Å². The molecule has 2 unspecified atom stereocenters. The molecular weight excluding hydrogens is 420 g/mol. The average Bonchev–Trinajstić information content (AvgIpc) is 3.18. The number of nitrogens with one attached hydrogen (secondary N) is 2. The Morgan fingerprint density at radius 3 is 2.31 bits per heavy atom. The van der Waals surface area contributed by atoms with Gasteiger partial charge in [-0.1, -0.05) is 19.9 Å². The fraction of sp³-hybridized carbons (Fsp3) is 0.478. The van der Waals surface area contributed by atoms with Crippen LogP contribution in [0.5, 0.6) is 0 Å². The van der Waals surface area contributed by atoms with Crippen LogP contribution in [0, 0.1) is 24.5 Å². The summed E-state index contributed by atoms with van der Waals surface area (Å²) in [4.78, 5) is 27.6. The van der Waals surface area contributed by atoms with Crippen molar-refractivity contribution in [3.8, 4) is 0 Å². The van der Waals surface area contributed by atoms with Gasteiger partial charge in [0.25, 0.3) is 5.91 Å². The third kappa shape index (κ3) is 5.72. The molecule has 2 atom stereocenters. The van der Waals surface area contributed by atoms with Crippen LogP contribution in [0.1, 0.15) is 41.8 Å². The van der Waals surface area contributed by atoms with Crippen LogP contribution in [0.2, 0.25) is 0 Å². The van der Waals surface area contributed by atoms with Crippen LogP contribution in [0.25, 0.3) is 0 Å². The summed E-state index contributed by atoms with van der Waals surface area (Å²) in [6.45, 7) is 8.15. The molecule has 2 N–H and O–H groups in total. The standard InChI is InChI=1S/C23H29F2N3O4/c1-14(2)21(27-22(29)20-16(24)5-4-6-17(20)25)23(30)26-13-18(19-8-7-15(3)32-19)28-9-11-31-12-10-28/h4-8,14,18,21H,9-13H2,1-3H3,(H,26,30)(H,27,29). The number of furan rings is 1. The molecule has 1 saturated heterocycles. The molecule has 0 aliphatic carbocycles. The van der Waals surface area contributed by atoms with Crippen LogP contribution in [-0.4, -0.2) is 55.6 Å². The van der Waals surface area contributed by atoms with E-state index in [2.05, 4.69) is 15.5 Å². The second-order valence-electron chi connectivity index (χ2n) is 8.15. The van der Waals surface area contributed by atoms with E-state index < -0.39 is 35.1 Å². The first kappa shape index (κ1) is 23.9. The molecule has 1 aliphatic rings. The Bertz CT molecular complexity index is 921. The fourth-order valence-corrected chi connectivity index (χ4v) is 3.70. The van der Waals surface area contributed by atoms with Crippen molar-refractivity contribution >= 4 is 11.8 Å². The Labute approximate surface area is 186 Å². The van der Waals surface area contributed by atoms with Gasteiger partial charge in [-0.15, -0.1) is 0 Å². The van der Waals surface area contributed by atoms with E-state index in [0.717, 1.165) is 23.7 Å². The first-order chi connectivity index (χ1) is 15.3. The fourth-order valence-electron chi connectivity index (χ4n) is 3.70. The van der Waals surface area contributed by atoms with Crippen LogP contribution in [0.4, 0.5) is 8.78 Å². The second kappa shape index (κ2) is 10.7. The summed E-state index contributed by atoms with van der Waals surface area (Å²) in [6, 6.07) is 5.75. The van der Waals surface area contributed by atoms with Crippen molar-refractivity contribution in [2.75, 3.05) is 32.8 Å². The zero-order valence-corrected chi connectivity index (χ0v) is 18.5. The van der Waals surface area contributed by atoms with Gasteiger partial charge in [0, 0.05) is 19.6 Å². The van der Waals surface area contributed by atoms with E-state index in [-0.39, 0.29) is 18.5 Å². The number of carbonyl (C=O) groups excluding carboxylic acids is 2. The summed E-state index contributed by atoms with van der Waals surface area (Å²) >= 11 is 0. The van der Waals surface area contributed by atoms with Crippen molar-refractivity contribution < 1.29 is 27.5 Å². The predicted molar refractivity (Wildman–Crippen MR) is 114 cm³/mol. The van der Waals surface area contributed by atoms with Gasteiger partial charge in [-0.3, -0.25) is 14.5 Å². The number of nitrogens with zero attached hydrogens (tertiary/aromatic N) is 1. The molecule has 0 spiro atoms. The average molecular weight is 449 g/mol. The van der Waals surface area contributed by atoms with Gasteiger partial charge in [0.2, 0.25) is 5.91 Å². The summed E-state index contributed by atoms with van der Waals surface area (Å²) in [5.74, 6) is -2.18. The lowest BCUT2D eigenvalue weighted by Gasteiger charge is -2.34. The van der Waals surface area contributed by atoms with E-state index in [9.17, 15) is 18.4 Å². The molecular formula is C23H29F2N3O4. The third-order valence-electron chi connectivity index (χ3n) is 5.47. The molecule has 32 heavy (non-hydrogen) atoms. The van der Waals surface area contributed by atoms with Crippen molar-refractivity contribution in [1.29, 1.82) is 0 Å². The lowest BCUT2D eigenvalue weighted by Crippen LogP contribution is -2.52. The van der Waals surface area contributed by atoms with Gasteiger partial charge >= 0.3 is 0 Å². The SMILES string of the molecule is Cc1ccc(C(CNC(=O)C(NC(=O)c2c(F)cccc2F)C(C)C)N2CCOCC2)o1. The van der Waals surface area contributed by atoms with Crippen LogP contribution in [0.3, 0.4) is 0 Å². The maximum Gasteiger partial charge on any atom is 0.257 e. The minimum absolute atomic E-state index is 0.205. The molecule has 3 rings (SSSR count). The highest BCUT2D eigenvalue weighted by atomic mass is 19.1. The van der Waals surface area contributed by atoms with E-state index in [0.29, 0.717) is 26.3 Å². The normalized spacial score (nSPS) is 16.6. The molecule has 0 saturated carbocycles. The second-order valence-corrected chi connectivity index (χ2v) is 8.15. The molecule has 9 heteroatoms. The Hall–Kier alpha value is -2.78. The van der Waals surface area contributed by atoms with E-state index in [4.69, 9.17) is 9.15 Å². The largest absolute Gasteiger partial charge is 0.465 e. The molecule has 1 aromatic carbocycles. The summed E-state index contributed by atoms with van der Waals surface area (Å²) in [5.41, 5.74) is -0.705. The maximum atomic E-state index is 14.0. The molecule has 0 bridgehead atoms. The van der Waals surface area contributed by atoms with Gasteiger partial charge in [-0.25, -0.2) is 8.78 Å². The number of aryl methyl sites for hydroxylation is 1. The highest BCUT2D eigenvalue weighted by Gasteiger charge is 2.30. The van der Waals surface area contributed by atoms with E-state index in [1.54, 1.807) is 13.8 Å². The highest BCUT2D eigenvalue weighted by molar-refractivity contribution is 5.98. The molecule has 1 fully saturated rings. The minimum Gasteiger partial charge on any atom is -0.465 e. The highest BCUT2D eigenvalue weighted by Crippen LogP contribution is 2.23. The molecule has 174 valence electrons. The molecule has 1 aliphatic heterocycles. The van der Waals surface area contributed by atoms with Gasteiger partial charge in [-0.2, -0.15) is 0 Å². The van der Waals surface area contributed by atoms with Crippen LogP contribution >= 0.6 is 0 Å². The van der Waals surface area contributed by atoms with Gasteiger partial charge < -0.3 is 19.8 Å². The third-order valence-corrected chi connectivity index (χ3v) is 5.47. The van der Waals surface area contributed by atoms with Gasteiger partial charge in [0.15, 0.2) is 0 Å². The molecule has 1 aromatic heterocycles. The lowest BCUT2D eigenvalue weighted by molar-refractivity contribution is -0.124. The van der Waals surface area contributed by atoms with Gasteiger partial charge in [0.05, 0.1) is 19.3 Å². The Morgan fingerprint density at radius 2 is 1.75 bits per heavy atom.